The van der Waals surface area contributed by atoms with Crippen LogP contribution in [0.4, 0.5) is 0 Å². The fourth-order valence-corrected chi connectivity index (χ4v) is 0. The Hall–Kier alpha value is -2.00. The van der Waals surface area contributed by atoms with Gasteiger partial charge in [-0.15, -0.1) is 0 Å². The maximum atomic E-state index is 8.93. The van der Waals surface area contributed by atoms with E-state index in [0.717, 1.165) is 0 Å². The molecule has 0 rings (SSSR count). The molecule has 0 saturated heterocycles. The second-order valence-corrected chi connectivity index (χ2v) is 1.72. The summed E-state index contributed by atoms with van der Waals surface area (Å²) in [5, 5.41) is 53.6. The second-order valence-electron chi connectivity index (χ2n) is 1.72. The Labute approximate surface area is 133 Å². The minimum atomic E-state index is -2.19. The fraction of sp³-hybridized carbons (Fsp3) is 0. The first kappa shape index (κ1) is 30.8. The molecule has 0 unspecified atom stereocenters. The zero-order chi connectivity index (χ0) is 15.5. The summed E-state index contributed by atoms with van der Waals surface area (Å²) in [5.41, 5.74) is 0. The number of carboxylic acid groups (broad SMARTS) is 6. The predicted octanol–water partition coefficient (Wildman–Crippen LogP) is -13.5. The van der Waals surface area contributed by atoms with Crippen molar-refractivity contribution in [1.29, 1.82) is 0 Å². The number of carboxylic acids is 6. The first-order valence-corrected chi connectivity index (χ1v) is 3.20. The van der Waals surface area contributed by atoms with E-state index in [0.29, 0.717) is 0 Å². The minimum Gasteiger partial charge on any atom is -0.543 e. The normalized spacial score (nSPS) is 6.60. The van der Waals surface area contributed by atoms with Crippen LogP contribution in [0.25, 0.3) is 0 Å². The number of carbonyl (C=O) groups is 6. The largest absolute Gasteiger partial charge is 1.00 e. The molecule has 0 aliphatic heterocycles. The summed E-state index contributed by atoms with van der Waals surface area (Å²) < 4.78 is 0. The van der Waals surface area contributed by atoms with Crippen molar-refractivity contribution in [1.82, 2.24) is 0 Å². The molecule has 0 aliphatic carbocycles. The van der Waals surface area contributed by atoms with E-state index in [2.05, 4.69) is 0 Å². The molecule has 0 aromatic carbocycles. The summed E-state index contributed by atoms with van der Waals surface area (Å²) in [7, 11) is 0. The zero-order valence-corrected chi connectivity index (χ0v) is 10.7. The summed E-state index contributed by atoms with van der Waals surface area (Å²) in [6, 6.07) is 0. The van der Waals surface area contributed by atoms with E-state index in [-0.39, 0.29) is 37.4 Å². The molecule has 0 aromatic rings. The van der Waals surface area contributed by atoms with Gasteiger partial charge in [0.1, 0.15) is 0 Å². The molecule has 20 heavy (non-hydrogen) atoms. The number of carbonyl (C=O) groups excluding carboxylic acids is 6. The quantitative estimate of drug-likeness (QED) is 0.298. The summed E-state index contributed by atoms with van der Waals surface area (Å²) in [5.74, 6) is -13.1. The third kappa shape index (κ3) is 36.0. The Kier molecular flexibility index (Phi) is 26.2. The van der Waals surface area contributed by atoms with E-state index in [1.54, 1.807) is 0 Å². The predicted molar refractivity (Wildman–Crippen MR) is 30.0 cm³/mol. The van der Waals surface area contributed by atoms with Crippen molar-refractivity contribution in [2.75, 3.05) is 0 Å². The van der Waals surface area contributed by atoms with Crippen LogP contribution in [0.15, 0.2) is 0 Å². The standard InChI is InChI=1S/3C2H2O4.Li.V/c3*3-1(4)2(5)6;;/h3*(H,3,4)(H,5,6);;/q;;;+1;/p-6. The van der Waals surface area contributed by atoms with Gasteiger partial charge < -0.3 is 59.4 Å². The Morgan fingerprint density at radius 1 is 0.400 bits per heavy atom. The van der Waals surface area contributed by atoms with Crippen molar-refractivity contribution in [3.05, 3.63) is 0 Å². The van der Waals surface area contributed by atoms with Gasteiger partial charge in [0.2, 0.25) is 0 Å². The Balaban J connectivity index is -0.0000000536. The molecule has 12 nitrogen and oxygen atoms in total. The molecule has 107 valence electrons. The van der Waals surface area contributed by atoms with E-state index in [1.165, 1.54) is 0 Å². The van der Waals surface area contributed by atoms with Crippen LogP contribution < -0.4 is 49.5 Å². The maximum absolute atomic E-state index is 8.93. The Morgan fingerprint density at radius 2 is 0.450 bits per heavy atom. The number of hydrogen-bond donors (Lipinski definition) is 0. The van der Waals surface area contributed by atoms with Crippen molar-refractivity contribution >= 4 is 35.8 Å². The summed E-state index contributed by atoms with van der Waals surface area (Å²) in [6.07, 6.45) is 0. The summed E-state index contributed by atoms with van der Waals surface area (Å²) >= 11 is 0. The van der Waals surface area contributed by atoms with Crippen LogP contribution in [0, 0.1) is 0 Å². The van der Waals surface area contributed by atoms with Crippen LogP contribution in [0.5, 0.6) is 0 Å². The molecule has 0 aliphatic rings. The average Bonchev–Trinajstić information content (AvgIpc) is 2.18. The van der Waals surface area contributed by atoms with Gasteiger partial charge in [0.15, 0.2) is 0 Å². The maximum Gasteiger partial charge on any atom is 1.00 e. The Bertz CT molecular complexity index is 283. The fourth-order valence-electron chi connectivity index (χ4n) is 0. The summed E-state index contributed by atoms with van der Waals surface area (Å²) in [6.45, 7) is 0. The van der Waals surface area contributed by atoms with E-state index >= 15 is 0 Å². The number of rotatable bonds is 0. The molecular weight excluding hydrogens is 322 g/mol. The molecule has 0 N–H and O–H groups in total. The molecule has 0 atom stereocenters. The van der Waals surface area contributed by atoms with Crippen molar-refractivity contribution in [3.63, 3.8) is 0 Å². The van der Waals surface area contributed by atoms with Crippen LogP contribution in [0.1, 0.15) is 0 Å². The third-order valence-electron chi connectivity index (χ3n) is 0.500. The molecule has 0 aromatic heterocycles. The van der Waals surface area contributed by atoms with Crippen LogP contribution in [-0.4, -0.2) is 35.8 Å². The third-order valence-corrected chi connectivity index (χ3v) is 0.500. The van der Waals surface area contributed by atoms with Gasteiger partial charge in [0.05, 0.1) is 35.8 Å². The smallest absolute Gasteiger partial charge is 0.543 e. The number of hydrogen-bond acceptors (Lipinski definition) is 12. The van der Waals surface area contributed by atoms with Gasteiger partial charge in [-0.3, -0.25) is 0 Å². The van der Waals surface area contributed by atoms with Gasteiger partial charge in [-0.25, -0.2) is 0 Å². The van der Waals surface area contributed by atoms with Gasteiger partial charge in [-0.1, -0.05) is 0 Å². The van der Waals surface area contributed by atoms with Crippen LogP contribution in [0.2, 0.25) is 0 Å². The van der Waals surface area contributed by atoms with E-state index in [1.807, 2.05) is 0 Å². The van der Waals surface area contributed by atoms with E-state index in [4.69, 9.17) is 59.4 Å². The van der Waals surface area contributed by atoms with Gasteiger partial charge in [-0.2, -0.15) is 0 Å². The van der Waals surface area contributed by atoms with Crippen LogP contribution in [-0.2, 0) is 47.3 Å². The van der Waals surface area contributed by atoms with Crippen molar-refractivity contribution in [3.8, 4) is 0 Å². The van der Waals surface area contributed by atoms with Crippen molar-refractivity contribution in [2.24, 2.45) is 0 Å². The molecule has 0 fully saturated rings. The van der Waals surface area contributed by atoms with Gasteiger partial charge >= 0.3 is 18.9 Å². The van der Waals surface area contributed by atoms with Crippen LogP contribution >= 0.6 is 0 Å². The molecule has 1 radical (unpaired) electrons. The molecule has 0 spiro atoms. The molecule has 14 heteroatoms. The minimum absolute atomic E-state index is 0. The second kappa shape index (κ2) is 17.0. The number of aliphatic carboxylic acids is 6. The van der Waals surface area contributed by atoms with E-state index in [9.17, 15) is 0 Å². The average molecular weight is 322 g/mol. The van der Waals surface area contributed by atoms with E-state index < -0.39 is 35.8 Å². The molecule has 0 saturated carbocycles. The molecule has 0 bridgehead atoms. The molecule has 0 heterocycles. The van der Waals surface area contributed by atoms with Crippen molar-refractivity contribution in [2.45, 2.75) is 0 Å². The molecular formula is C6LiO12V-5. The SMILES string of the molecule is O=C([O-])C(=O)[O-].O=C([O-])C(=O)[O-].O=C([O-])C(=O)[O-].[Li+].[V]. The van der Waals surface area contributed by atoms with Gasteiger partial charge in [-0.05, 0) is 0 Å². The van der Waals surface area contributed by atoms with Gasteiger partial charge in [0, 0.05) is 18.6 Å². The zero-order valence-electron chi connectivity index (χ0n) is 9.35. The topological polar surface area (TPSA) is 241 Å². The summed E-state index contributed by atoms with van der Waals surface area (Å²) in [4.78, 5) is 53.6. The molecule has 0 amide bonds. The first-order chi connectivity index (χ1) is 7.93. The Morgan fingerprint density at radius 3 is 0.450 bits per heavy atom. The first-order valence-electron chi connectivity index (χ1n) is 3.20. The van der Waals surface area contributed by atoms with Crippen LogP contribution in [0.3, 0.4) is 0 Å². The monoisotopic (exact) mass is 322 g/mol. The van der Waals surface area contributed by atoms with Crippen molar-refractivity contribution < 1.29 is 96.8 Å². The van der Waals surface area contributed by atoms with Gasteiger partial charge in [0.25, 0.3) is 0 Å².